The Morgan fingerprint density at radius 1 is 0.606 bits per heavy atom. The zero-order valence-electron chi connectivity index (χ0n) is 20.4. The molecule has 2 N–H and O–H groups in total. The van der Waals surface area contributed by atoms with E-state index in [0.29, 0.717) is 0 Å². The second kappa shape index (κ2) is 34.1. The molecule has 3 aromatic rings. The summed E-state index contributed by atoms with van der Waals surface area (Å²) in [5.74, 6) is 0. The Kier molecular flexibility index (Phi) is 39.1. The van der Waals surface area contributed by atoms with Crippen LogP contribution in [0.4, 0.5) is 0 Å². The van der Waals surface area contributed by atoms with Crippen LogP contribution in [0.3, 0.4) is 0 Å². The van der Waals surface area contributed by atoms with Crippen molar-refractivity contribution in [2.75, 3.05) is 40.6 Å². The van der Waals surface area contributed by atoms with Crippen molar-refractivity contribution in [1.29, 1.82) is 0 Å². The summed E-state index contributed by atoms with van der Waals surface area (Å²) in [4.78, 5) is 0. The molecule has 0 heterocycles. The molecule has 0 aliphatic rings. The molecule has 0 fully saturated rings. The maximum absolute atomic E-state index is 9.89. The number of sulfonamides is 1. The normalized spacial score (nSPS) is 8.30. The number of benzene rings is 3. The molecule has 33 heavy (non-hydrogen) atoms. The predicted octanol–water partition coefficient (Wildman–Crippen LogP) is 5.74. The van der Waals surface area contributed by atoms with Crippen LogP contribution in [0, 0.1) is 0 Å². The van der Waals surface area contributed by atoms with E-state index in [1.165, 1.54) is 7.05 Å². The van der Waals surface area contributed by atoms with E-state index < -0.39 is 10.0 Å². The molecule has 0 radical (unpaired) electrons. The van der Waals surface area contributed by atoms with Gasteiger partial charge in [0.25, 0.3) is 0 Å². The fourth-order valence-corrected chi connectivity index (χ4v) is 1.15. The van der Waals surface area contributed by atoms with E-state index in [0.717, 1.165) is 19.4 Å². The Bertz CT molecular complexity index is 579. The van der Waals surface area contributed by atoms with Gasteiger partial charge in [0.1, 0.15) is 0 Å². The molecular formula is C27H46N2O3S. The highest BCUT2D eigenvalue weighted by Crippen LogP contribution is 1.81. The Labute approximate surface area is 204 Å². The van der Waals surface area contributed by atoms with Crippen molar-refractivity contribution in [3.63, 3.8) is 0 Å². The smallest absolute Gasteiger partial charge is 0.208 e. The maximum atomic E-state index is 9.89. The van der Waals surface area contributed by atoms with Crippen molar-refractivity contribution in [2.24, 2.45) is 0 Å². The minimum Gasteiger partial charge on any atom is -0.385 e. The average Bonchev–Trinajstić information content (AvgIpc) is 2.88. The maximum Gasteiger partial charge on any atom is 0.208 e. The molecule has 5 nitrogen and oxygen atoms in total. The Morgan fingerprint density at radius 2 is 0.727 bits per heavy atom. The van der Waals surface area contributed by atoms with Crippen molar-refractivity contribution < 1.29 is 13.2 Å². The average molecular weight is 479 g/mol. The van der Waals surface area contributed by atoms with Gasteiger partial charge in [-0.15, -0.1) is 0 Å². The van der Waals surface area contributed by atoms with Crippen LogP contribution in [-0.2, 0) is 14.8 Å². The molecule has 0 bridgehead atoms. The fraction of sp³-hybridized carbons (Fsp3) is 0.333. The van der Waals surface area contributed by atoms with Crippen LogP contribution in [0.2, 0.25) is 0 Å². The first kappa shape index (κ1) is 37.8. The van der Waals surface area contributed by atoms with Gasteiger partial charge in [0.15, 0.2) is 0 Å². The summed E-state index contributed by atoms with van der Waals surface area (Å²) in [6.45, 7) is 5.92. The van der Waals surface area contributed by atoms with Gasteiger partial charge in [-0.05, 0) is 27.6 Å². The molecule has 3 rings (SSSR count). The largest absolute Gasteiger partial charge is 0.385 e. The summed E-state index contributed by atoms with van der Waals surface area (Å²) >= 11 is 0. The van der Waals surface area contributed by atoms with Gasteiger partial charge in [-0.2, -0.15) is 0 Å². The van der Waals surface area contributed by atoms with Gasteiger partial charge < -0.3 is 10.1 Å². The number of hydrogen-bond acceptors (Lipinski definition) is 4. The molecule has 0 saturated carbocycles. The Morgan fingerprint density at radius 3 is 0.758 bits per heavy atom. The number of hydrogen-bond donors (Lipinski definition) is 2. The lowest BCUT2D eigenvalue weighted by atomic mass is 10.4. The van der Waals surface area contributed by atoms with E-state index in [2.05, 4.69) is 21.7 Å². The van der Waals surface area contributed by atoms with E-state index in [1.54, 1.807) is 7.11 Å². The zero-order valence-corrected chi connectivity index (χ0v) is 21.3. The third-order valence-electron chi connectivity index (χ3n) is 3.01. The van der Waals surface area contributed by atoms with Gasteiger partial charge in [0.05, 0.1) is 6.26 Å². The molecule has 0 aliphatic heterocycles. The molecule has 3 aromatic carbocycles. The van der Waals surface area contributed by atoms with Crippen LogP contribution < -0.4 is 10.0 Å². The van der Waals surface area contributed by atoms with Crippen LogP contribution in [0.15, 0.2) is 109 Å². The highest BCUT2D eigenvalue weighted by atomic mass is 32.2. The third-order valence-corrected chi connectivity index (χ3v) is 3.75. The summed E-state index contributed by atoms with van der Waals surface area (Å²) in [5, 5.41) is 2.93. The zero-order chi connectivity index (χ0) is 24.8. The second-order valence-corrected chi connectivity index (χ2v) is 7.68. The molecule has 0 aliphatic carbocycles. The standard InChI is InChI=1S/3C6H6.C3H9N.C3H8O.C2H7NO2S.CH4/c3*1-2-4-6-5-3-1;2*1-3-4-2;1-3-6(2,4)5;/h3*1-6H;4H,3H2,1-2H3;3H2,1-2H3;3H,1-2H3;1H4. The van der Waals surface area contributed by atoms with Crippen LogP contribution in [0.5, 0.6) is 0 Å². The quantitative estimate of drug-likeness (QED) is 0.504. The summed E-state index contributed by atoms with van der Waals surface area (Å²) in [6.07, 6.45) is 1.10. The first-order chi connectivity index (χ1) is 15.4. The molecular weight excluding hydrogens is 432 g/mol. The van der Waals surface area contributed by atoms with Crippen molar-refractivity contribution in [2.45, 2.75) is 21.3 Å². The molecule has 0 unspecified atom stereocenters. The molecule has 0 spiro atoms. The van der Waals surface area contributed by atoms with Gasteiger partial charge in [-0.25, -0.2) is 13.1 Å². The Balaban J connectivity index is -0.000000154. The van der Waals surface area contributed by atoms with E-state index >= 15 is 0 Å². The van der Waals surface area contributed by atoms with Crippen molar-refractivity contribution in [1.82, 2.24) is 10.0 Å². The van der Waals surface area contributed by atoms with Crippen LogP contribution in [0.1, 0.15) is 21.3 Å². The number of rotatable bonds is 3. The van der Waals surface area contributed by atoms with Gasteiger partial charge in [0, 0.05) is 13.7 Å². The number of ether oxygens (including phenoxy) is 1. The Hall–Kier alpha value is -2.51. The summed E-state index contributed by atoms with van der Waals surface area (Å²) in [7, 11) is 2.07. The first-order valence-electron chi connectivity index (χ1n) is 10.4. The lowest BCUT2D eigenvalue weighted by molar-refractivity contribution is 0.215. The molecule has 188 valence electrons. The van der Waals surface area contributed by atoms with E-state index in [-0.39, 0.29) is 7.43 Å². The molecule has 0 amide bonds. The van der Waals surface area contributed by atoms with Gasteiger partial charge in [-0.1, -0.05) is 124 Å². The number of nitrogens with one attached hydrogen (secondary N) is 2. The topological polar surface area (TPSA) is 67.4 Å². The fourth-order valence-electron chi connectivity index (χ4n) is 1.15. The predicted molar refractivity (Wildman–Crippen MR) is 147 cm³/mol. The van der Waals surface area contributed by atoms with Gasteiger partial charge in [0.2, 0.25) is 10.0 Å². The minimum atomic E-state index is -2.91. The summed E-state index contributed by atoms with van der Waals surface area (Å²) in [5.41, 5.74) is 0. The van der Waals surface area contributed by atoms with E-state index in [9.17, 15) is 8.42 Å². The lowest BCUT2D eigenvalue weighted by Gasteiger charge is -1.85. The monoisotopic (exact) mass is 478 g/mol. The van der Waals surface area contributed by atoms with Crippen molar-refractivity contribution in [3.05, 3.63) is 109 Å². The van der Waals surface area contributed by atoms with Crippen molar-refractivity contribution in [3.8, 4) is 0 Å². The highest BCUT2D eigenvalue weighted by molar-refractivity contribution is 7.88. The van der Waals surface area contributed by atoms with Crippen LogP contribution >= 0.6 is 0 Å². The van der Waals surface area contributed by atoms with Gasteiger partial charge >= 0.3 is 0 Å². The summed E-state index contributed by atoms with van der Waals surface area (Å²) in [6, 6.07) is 36.0. The SMILES string of the molecule is C.CCNC.CCOC.CNS(C)(=O)=O.c1ccccc1.c1ccccc1.c1ccccc1. The van der Waals surface area contributed by atoms with E-state index in [4.69, 9.17) is 0 Å². The highest BCUT2D eigenvalue weighted by Gasteiger charge is 1.88. The first-order valence-corrected chi connectivity index (χ1v) is 12.3. The number of methoxy groups -OCH3 is 1. The molecule has 6 heteroatoms. The van der Waals surface area contributed by atoms with E-state index in [1.807, 2.05) is 123 Å². The lowest BCUT2D eigenvalue weighted by Crippen LogP contribution is -2.15. The molecule has 0 aromatic heterocycles. The van der Waals surface area contributed by atoms with Crippen molar-refractivity contribution >= 4 is 10.0 Å². The van der Waals surface area contributed by atoms with Gasteiger partial charge in [-0.3, -0.25) is 0 Å². The molecule has 0 atom stereocenters. The van der Waals surface area contributed by atoms with Crippen LogP contribution in [0.25, 0.3) is 0 Å². The summed E-state index contributed by atoms with van der Waals surface area (Å²) < 4.78 is 26.4. The molecule has 0 saturated heterocycles. The minimum absolute atomic E-state index is 0. The third kappa shape index (κ3) is 53.1. The second-order valence-electron chi connectivity index (χ2n) is 5.72. The van der Waals surface area contributed by atoms with Crippen LogP contribution in [-0.4, -0.2) is 49.0 Å².